The van der Waals surface area contributed by atoms with E-state index in [4.69, 9.17) is 0 Å². The second kappa shape index (κ2) is 7.98. The Balaban J connectivity index is 1.50. The van der Waals surface area contributed by atoms with E-state index in [1.807, 2.05) is 42.5 Å². The summed E-state index contributed by atoms with van der Waals surface area (Å²) in [6.07, 6.45) is 0.978. The van der Waals surface area contributed by atoms with Crippen LogP contribution >= 0.6 is 11.8 Å². The van der Waals surface area contributed by atoms with Crippen LogP contribution in [0.2, 0.25) is 0 Å². The summed E-state index contributed by atoms with van der Waals surface area (Å²) < 4.78 is 2.12. The number of para-hydroxylation sites is 1. The molecule has 7 heteroatoms. The number of carbonyl (C=O) groups is 1. The second-order valence-corrected chi connectivity index (χ2v) is 7.36. The number of anilines is 1. The number of rotatable bonds is 6. The predicted molar refractivity (Wildman–Crippen MR) is 114 cm³/mol. The molecule has 0 unspecified atom stereocenters. The number of hydrogen-bond acceptors (Lipinski definition) is 5. The zero-order valence-electron chi connectivity index (χ0n) is 15.8. The molecule has 0 atom stereocenters. The van der Waals surface area contributed by atoms with Gasteiger partial charge in [0.1, 0.15) is 5.52 Å². The topological polar surface area (TPSA) is 72.7 Å². The maximum atomic E-state index is 12.3. The number of nitrogens with one attached hydrogen (secondary N) is 1. The van der Waals surface area contributed by atoms with Crippen LogP contribution in [0, 0.1) is 0 Å². The van der Waals surface area contributed by atoms with E-state index in [1.54, 1.807) is 0 Å². The van der Waals surface area contributed by atoms with E-state index in [-0.39, 0.29) is 11.7 Å². The average Bonchev–Trinajstić information content (AvgIpc) is 3.05. The number of nitrogens with zero attached hydrogens (tertiary/aromatic N) is 4. The van der Waals surface area contributed by atoms with Crippen LogP contribution in [-0.4, -0.2) is 31.4 Å². The minimum absolute atomic E-state index is 0.0889. The van der Waals surface area contributed by atoms with E-state index in [2.05, 4.69) is 45.0 Å². The average molecular weight is 392 g/mol. The molecule has 28 heavy (non-hydrogen) atoms. The van der Waals surface area contributed by atoms with Gasteiger partial charge in [-0.3, -0.25) is 4.79 Å². The smallest absolute Gasteiger partial charge is 0.234 e. The molecule has 0 radical (unpaired) electrons. The number of hydrogen-bond donors (Lipinski definition) is 1. The molecule has 0 bridgehead atoms. The third kappa shape index (κ3) is 3.57. The Kier molecular flexibility index (Phi) is 5.25. The lowest BCUT2D eigenvalue weighted by Crippen LogP contribution is -2.14. The van der Waals surface area contributed by atoms with Crippen molar-refractivity contribution in [3.8, 4) is 0 Å². The van der Waals surface area contributed by atoms with Gasteiger partial charge in [0, 0.05) is 17.6 Å². The van der Waals surface area contributed by atoms with E-state index in [9.17, 15) is 4.79 Å². The number of fused-ring (bicyclic) bond motifs is 3. The summed E-state index contributed by atoms with van der Waals surface area (Å²) in [5.74, 6) is 0.142. The molecule has 2 aromatic heterocycles. The summed E-state index contributed by atoms with van der Waals surface area (Å²) in [6.45, 7) is 4.98. The molecule has 0 saturated heterocycles. The standard InChI is InChI=1S/C21H21N5OS/c1-3-14-9-11-15(12-10-14)22-18(27)13-28-21-23-20-19(24-25-21)16-7-5-6-8-17(16)26(20)4-2/h5-12H,3-4,13H2,1-2H3,(H,22,27). The second-order valence-electron chi connectivity index (χ2n) is 6.42. The Labute approximate surface area is 167 Å². The molecule has 4 rings (SSSR count). The van der Waals surface area contributed by atoms with Crippen molar-refractivity contribution in [1.29, 1.82) is 0 Å². The lowest BCUT2D eigenvalue weighted by atomic mass is 10.1. The Hall–Kier alpha value is -2.93. The van der Waals surface area contributed by atoms with Gasteiger partial charge >= 0.3 is 0 Å². The highest BCUT2D eigenvalue weighted by Crippen LogP contribution is 2.27. The molecule has 0 spiro atoms. The van der Waals surface area contributed by atoms with Crippen molar-refractivity contribution >= 4 is 45.4 Å². The molecular weight excluding hydrogens is 370 g/mol. The summed E-state index contributed by atoms with van der Waals surface area (Å²) in [5, 5.41) is 13.0. The molecule has 142 valence electrons. The molecule has 1 N–H and O–H groups in total. The van der Waals surface area contributed by atoms with Crippen molar-refractivity contribution in [3.63, 3.8) is 0 Å². The van der Waals surface area contributed by atoms with Crippen molar-refractivity contribution in [3.05, 3.63) is 54.1 Å². The van der Waals surface area contributed by atoms with E-state index < -0.39 is 0 Å². The summed E-state index contributed by atoms with van der Waals surface area (Å²) in [5.41, 5.74) is 4.73. The highest BCUT2D eigenvalue weighted by Gasteiger charge is 2.14. The lowest BCUT2D eigenvalue weighted by Gasteiger charge is -2.06. The van der Waals surface area contributed by atoms with Crippen LogP contribution < -0.4 is 5.32 Å². The van der Waals surface area contributed by atoms with E-state index in [0.29, 0.717) is 5.16 Å². The molecule has 0 saturated carbocycles. The van der Waals surface area contributed by atoms with Crippen molar-refractivity contribution in [2.24, 2.45) is 0 Å². The fourth-order valence-electron chi connectivity index (χ4n) is 3.22. The Bertz CT molecular complexity index is 1140. The molecule has 4 aromatic rings. The number of thioether (sulfide) groups is 1. The molecule has 2 heterocycles. The van der Waals surface area contributed by atoms with Gasteiger partial charge in [0.2, 0.25) is 11.1 Å². The zero-order valence-corrected chi connectivity index (χ0v) is 16.7. The molecule has 0 fully saturated rings. The Morgan fingerprint density at radius 2 is 1.86 bits per heavy atom. The summed E-state index contributed by atoms with van der Waals surface area (Å²) in [4.78, 5) is 16.9. The van der Waals surface area contributed by atoms with Gasteiger partial charge in [-0.15, -0.1) is 10.2 Å². The maximum Gasteiger partial charge on any atom is 0.234 e. The first-order valence-corrected chi connectivity index (χ1v) is 10.3. The highest BCUT2D eigenvalue weighted by atomic mass is 32.2. The minimum Gasteiger partial charge on any atom is -0.325 e. The normalized spacial score (nSPS) is 11.2. The van der Waals surface area contributed by atoms with Crippen LogP contribution in [0.3, 0.4) is 0 Å². The maximum absolute atomic E-state index is 12.3. The molecule has 0 aliphatic rings. The van der Waals surface area contributed by atoms with Gasteiger partial charge in [0.15, 0.2) is 5.65 Å². The Morgan fingerprint density at radius 3 is 2.61 bits per heavy atom. The first-order chi connectivity index (χ1) is 13.7. The van der Waals surface area contributed by atoms with E-state index in [1.165, 1.54) is 17.3 Å². The first kappa shape index (κ1) is 18.4. The Morgan fingerprint density at radius 1 is 1.07 bits per heavy atom. The first-order valence-electron chi connectivity index (χ1n) is 9.32. The van der Waals surface area contributed by atoms with Gasteiger partial charge in [0.05, 0.1) is 11.3 Å². The number of benzene rings is 2. The molecule has 0 aliphatic heterocycles. The van der Waals surface area contributed by atoms with Crippen molar-refractivity contribution in [1.82, 2.24) is 19.7 Å². The molecular formula is C21H21N5OS. The van der Waals surface area contributed by atoms with Crippen LogP contribution in [0.25, 0.3) is 22.1 Å². The zero-order chi connectivity index (χ0) is 19.5. The van der Waals surface area contributed by atoms with Crippen molar-refractivity contribution < 1.29 is 4.79 Å². The predicted octanol–water partition coefficient (Wildman–Crippen LogP) is 4.29. The largest absolute Gasteiger partial charge is 0.325 e. The SMILES string of the molecule is CCc1ccc(NC(=O)CSc2nnc3c4ccccc4n(CC)c3n2)cc1. The molecule has 6 nitrogen and oxygen atoms in total. The highest BCUT2D eigenvalue weighted by molar-refractivity contribution is 7.99. The third-order valence-corrected chi connectivity index (χ3v) is 5.49. The quantitative estimate of drug-likeness (QED) is 0.496. The summed E-state index contributed by atoms with van der Waals surface area (Å²) in [6, 6.07) is 16.0. The monoisotopic (exact) mass is 391 g/mol. The van der Waals surface area contributed by atoms with Gasteiger partial charge in [-0.25, -0.2) is 4.98 Å². The van der Waals surface area contributed by atoms with Crippen LogP contribution in [0.5, 0.6) is 0 Å². The molecule has 0 aliphatic carbocycles. The van der Waals surface area contributed by atoms with Crippen LogP contribution in [0.4, 0.5) is 5.69 Å². The molecule has 1 amide bonds. The summed E-state index contributed by atoms with van der Waals surface area (Å²) >= 11 is 1.29. The minimum atomic E-state index is -0.0889. The lowest BCUT2D eigenvalue weighted by molar-refractivity contribution is -0.113. The van der Waals surface area contributed by atoms with Crippen LogP contribution in [-0.2, 0) is 17.8 Å². The number of amides is 1. The van der Waals surface area contributed by atoms with Gasteiger partial charge in [0.25, 0.3) is 0 Å². The van der Waals surface area contributed by atoms with Crippen molar-refractivity contribution in [2.75, 3.05) is 11.1 Å². The van der Waals surface area contributed by atoms with Gasteiger partial charge in [-0.1, -0.05) is 49.0 Å². The van der Waals surface area contributed by atoms with E-state index in [0.717, 1.165) is 40.7 Å². The van der Waals surface area contributed by atoms with Crippen molar-refractivity contribution in [2.45, 2.75) is 32.0 Å². The number of aryl methyl sites for hydroxylation is 2. The fourth-order valence-corrected chi connectivity index (χ4v) is 3.80. The van der Waals surface area contributed by atoms with Crippen LogP contribution in [0.1, 0.15) is 19.4 Å². The molecule has 2 aromatic carbocycles. The fraction of sp³-hybridized carbons (Fsp3) is 0.238. The van der Waals surface area contributed by atoms with E-state index >= 15 is 0 Å². The van der Waals surface area contributed by atoms with Gasteiger partial charge in [-0.2, -0.15) is 0 Å². The summed E-state index contributed by atoms with van der Waals surface area (Å²) in [7, 11) is 0. The van der Waals surface area contributed by atoms with Crippen LogP contribution in [0.15, 0.2) is 53.7 Å². The third-order valence-electron chi connectivity index (χ3n) is 4.65. The number of aromatic nitrogens is 4. The number of carbonyl (C=O) groups excluding carboxylic acids is 1. The van der Waals surface area contributed by atoms with Gasteiger partial charge in [-0.05, 0) is 37.1 Å². The van der Waals surface area contributed by atoms with Gasteiger partial charge < -0.3 is 9.88 Å².